The van der Waals surface area contributed by atoms with Gasteiger partial charge in [-0.15, -0.1) is 0 Å². The van der Waals surface area contributed by atoms with E-state index in [9.17, 15) is 31.1 Å². The number of rotatable bonds is 2. The first kappa shape index (κ1) is 27.7. The van der Waals surface area contributed by atoms with E-state index < -0.39 is 29.6 Å². The molecule has 1 aliphatic heterocycles. The molecular weight excluding hydrogens is 530 g/mol. The van der Waals surface area contributed by atoms with E-state index in [1.807, 2.05) is 32.0 Å². The van der Waals surface area contributed by atoms with E-state index in [0.29, 0.717) is 29.9 Å². The summed E-state index contributed by atoms with van der Waals surface area (Å²) < 4.78 is 74.4. The number of aliphatic carboxylic acids is 1. The number of carboxylic acids is 1. The fraction of sp³-hybridized carbons (Fsp3) is 0.269. The highest BCUT2D eigenvalue weighted by Crippen LogP contribution is 2.37. The maximum Gasteiger partial charge on any atom is 0.490 e. The van der Waals surface area contributed by atoms with Crippen molar-refractivity contribution >= 4 is 22.8 Å². The molecule has 206 valence electrons. The van der Waals surface area contributed by atoms with E-state index in [-0.39, 0.29) is 17.5 Å². The molecule has 0 spiro atoms. The predicted molar refractivity (Wildman–Crippen MR) is 128 cm³/mol. The van der Waals surface area contributed by atoms with E-state index >= 15 is 0 Å². The monoisotopic (exact) mass is 552 g/mol. The lowest BCUT2D eigenvalue weighted by molar-refractivity contribution is -0.192. The van der Waals surface area contributed by atoms with E-state index in [4.69, 9.17) is 9.90 Å². The zero-order chi connectivity index (χ0) is 28.8. The topological polar surface area (TPSA) is 91.2 Å². The lowest BCUT2D eigenvalue weighted by Crippen LogP contribution is -2.38. The van der Waals surface area contributed by atoms with Crippen LogP contribution in [0.5, 0.6) is 0 Å². The Kier molecular flexibility index (Phi) is 7.19. The van der Waals surface area contributed by atoms with Gasteiger partial charge < -0.3 is 15.0 Å². The SMILES string of the molecule is Cc1ccc2c(C(=O)N3CCc4c(nn(C)c4-c4cc(F)c(F)c(F)c4)[C@@H]3C)c[nH]c2c1.O=C(O)C(F)(F)F. The molecule has 5 rings (SSSR count). The summed E-state index contributed by atoms with van der Waals surface area (Å²) in [4.78, 5) is 27.2. The fourth-order valence-corrected chi connectivity index (χ4v) is 4.65. The summed E-state index contributed by atoms with van der Waals surface area (Å²) in [5, 5.41) is 12.5. The van der Waals surface area contributed by atoms with Crippen molar-refractivity contribution in [2.45, 2.75) is 32.5 Å². The Bertz CT molecular complexity index is 1570. The van der Waals surface area contributed by atoms with Gasteiger partial charge in [0.05, 0.1) is 23.0 Å². The third-order valence-corrected chi connectivity index (χ3v) is 6.47. The van der Waals surface area contributed by atoms with Crippen molar-refractivity contribution in [2.24, 2.45) is 7.05 Å². The number of benzene rings is 2. The Labute approximate surface area is 217 Å². The summed E-state index contributed by atoms with van der Waals surface area (Å²) in [7, 11) is 1.67. The quantitative estimate of drug-likeness (QED) is 0.247. The van der Waals surface area contributed by atoms with Crippen molar-refractivity contribution in [2.75, 3.05) is 6.54 Å². The molecule has 2 N–H and O–H groups in total. The molecule has 0 radical (unpaired) electrons. The van der Waals surface area contributed by atoms with Crippen molar-refractivity contribution in [1.29, 1.82) is 0 Å². The second-order valence-electron chi connectivity index (χ2n) is 9.07. The second-order valence-corrected chi connectivity index (χ2v) is 9.07. The number of H-pyrrole nitrogens is 1. The molecule has 1 amide bonds. The Morgan fingerprint density at radius 2 is 1.72 bits per heavy atom. The molecule has 1 atom stereocenters. The smallest absolute Gasteiger partial charge is 0.475 e. The van der Waals surface area contributed by atoms with E-state index in [1.54, 1.807) is 18.1 Å². The zero-order valence-electron chi connectivity index (χ0n) is 20.8. The van der Waals surface area contributed by atoms with Crippen LogP contribution >= 0.6 is 0 Å². The average Bonchev–Trinajstić information content (AvgIpc) is 3.42. The van der Waals surface area contributed by atoms with Gasteiger partial charge in [0.15, 0.2) is 17.5 Å². The number of amides is 1. The molecule has 0 bridgehead atoms. The van der Waals surface area contributed by atoms with Gasteiger partial charge in [-0.1, -0.05) is 12.1 Å². The van der Waals surface area contributed by atoms with Gasteiger partial charge in [0.1, 0.15) is 0 Å². The van der Waals surface area contributed by atoms with Crippen molar-refractivity contribution in [3.05, 3.63) is 76.4 Å². The largest absolute Gasteiger partial charge is 0.490 e. The lowest BCUT2D eigenvalue weighted by atomic mass is 9.95. The van der Waals surface area contributed by atoms with Gasteiger partial charge in [-0.2, -0.15) is 18.3 Å². The molecule has 0 saturated heterocycles. The Balaban J connectivity index is 0.000000448. The molecule has 2 aromatic heterocycles. The third kappa shape index (κ3) is 5.20. The van der Waals surface area contributed by atoms with Crippen LogP contribution in [0.2, 0.25) is 0 Å². The van der Waals surface area contributed by atoms with Crippen LogP contribution in [-0.2, 0) is 18.3 Å². The molecule has 0 unspecified atom stereocenters. The fourth-order valence-electron chi connectivity index (χ4n) is 4.65. The first-order valence-electron chi connectivity index (χ1n) is 11.6. The minimum Gasteiger partial charge on any atom is -0.475 e. The van der Waals surface area contributed by atoms with Gasteiger partial charge in [0, 0.05) is 41.8 Å². The first-order chi connectivity index (χ1) is 18.2. The molecule has 13 heteroatoms. The number of hydrogen-bond donors (Lipinski definition) is 2. The molecule has 0 saturated carbocycles. The van der Waals surface area contributed by atoms with Crippen molar-refractivity contribution < 1.29 is 41.0 Å². The summed E-state index contributed by atoms with van der Waals surface area (Å²) >= 11 is 0. The highest BCUT2D eigenvalue weighted by atomic mass is 19.4. The maximum atomic E-state index is 13.8. The minimum absolute atomic E-state index is 0.107. The highest BCUT2D eigenvalue weighted by Gasteiger charge is 2.38. The lowest BCUT2D eigenvalue weighted by Gasteiger charge is -2.33. The van der Waals surface area contributed by atoms with E-state index in [2.05, 4.69) is 10.1 Å². The number of carbonyl (C=O) groups excluding carboxylic acids is 1. The number of aromatic nitrogens is 3. The van der Waals surface area contributed by atoms with Gasteiger partial charge in [-0.25, -0.2) is 18.0 Å². The summed E-state index contributed by atoms with van der Waals surface area (Å²) in [6, 6.07) is 7.52. The minimum atomic E-state index is -5.08. The molecule has 1 aliphatic rings. The molecular formula is C26H22F6N4O3. The van der Waals surface area contributed by atoms with E-state index in [0.717, 1.165) is 34.2 Å². The molecule has 3 heterocycles. The number of aromatic amines is 1. The number of aryl methyl sites for hydroxylation is 2. The normalized spacial score (nSPS) is 15.1. The van der Waals surface area contributed by atoms with Crippen LogP contribution in [0.15, 0.2) is 36.5 Å². The predicted octanol–water partition coefficient (Wildman–Crippen LogP) is 5.69. The van der Waals surface area contributed by atoms with Crippen LogP contribution in [0.3, 0.4) is 0 Å². The third-order valence-electron chi connectivity index (χ3n) is 6.47. The number of alkyl halides is 3. The number of carbonyl (C=O) groups is 2. The summed E-state index contributed by atoms with van der Waals surface area (Å²) in [6.07, 6.45) is -2.89. The summed E-state index contributed by atoms with van der Waals surface area (Å²) in [6.45, 7) is 4.31. The van der Waals surface area contributed by atoms with Crippen LogP contribution in [0, 0.1) is 24.4 Å². The molecule has 4 aromatic rings. The number of nitrogens with zero attached hydrogens (tertiary/aromatic N) is 3. The van der Waals surface area contributed by atoms with Crippen LogP contribution in [0.1, 0.15) is 40.1 Å². The van der Waals surface area contributed by atoms with Crippen LogP contribution in [-0.4, -0.2) is 49.4 Å². The van der Waals surface area contributed by atoms with Gasteiger partial charge >= 0.3 is 12.1 Å². The Morgan fingerprint density at radius 1 is 1.10 bits per heavy atom. The van der Waals surface area contributed by atoms with Gasteiger partial charge in [-0.05, 0) is 44.0 Å². The van der Waals surface area contributed by atoms with Crippen molar-refractivity contribution in [1.82, 2.24) is 19.7 Å². The summed E-state index contributed by atoms with van der Waals surface area (Å²) in [5.74, 6) is -6.85. The zero-order valence-corrected chi connectivity index (χ0v) is 20.8. The molecule has 0 fully saturated rings. The van der Waals surface area contributed by atoms with E-state index in [1.165, 1.54) is 4.68 Å². The molecule has 39 heavy (non-hydrogen) atoms. The van der Waals surface area contributed by atoms with Crippen molar-refractivity contribution in [3.63, 3.8) is 0 Å². The first-order valence-corrected chi connectivity index (χ1v) is 11.6. The molecule has 2 aromatic carbocycles. The summed E-state index contributed by atoms with van der Waals surface area (Å²) in [5.41, 5.74) is 4.82. The highest BCUT2D eigenvalue weighted by molar-refractivity contribution is 6.07. The number of carboxylic acid groups (broad SMARTS) is 1. The number of halogens is 6. The Morgan fingerprint density at radius 3 is 2.31 bits per heavy atom. The standard InChI is InChI=1S/C24H21F3N4O.C2HF3O2/c1-12-4-5-15-17(11-28-20(15)8-12)24(32)31-7-6-16-22(13(31)2)29-30(3)23(16)14-9-18(25)21(27)19(26)10-14;3-2(4,5)1(6)7/h4-5,8-11,13,28H,6-7H2,1-3H3;(H,6,7)/t13-;/m0./s1. The van der Waals surface area contributed by atoms with Gasteiger partial charge in [0.2, 0.25) is 0 Å². The number of hydrogen-bond acceptors (Lipinski definition) is 3. The van der Waals surface area contributed by atoms with Crippen LogP contribution < -0.4 is 0 Å². The van der Waals surface area contributed by atoms with Crippen LogP contribution in [0.4, 0.5) is 26.3 Å². The van der Waals surface area contributed by atoms with Crippen molar-refractivity contribution in [3.8, 4) is 11.3 Å². The Hall–Kier alpha value is -4.29. The second kappa shape index (κ2) is 10.1. The van der Waals surface area contributed by atoms with Gasteiger partial charge in [-0.3, -0.25) is 9.48 Å². The van der Waals surface area contributed by atoms with Gasteiger partial charge in [0.25, 0.3) is 5.91 Å². The van der Waals surface area contributed by atoms with Crippen LogP contribution in [0.25, 0.3) is 22.2 Å². The number of fused-ring (bicyclic) bond motifs is 2. The maximum absolute atomic E-state index is 13.8. The molecule has 0 aliphatic carbocycles. The average molecular weight is 552 g/mol. The molecule has 7 nitrogen and oxygen atoms in total. The number of nitrogens with one attached hydrogen (secondary N) is 1.